The molecule has 0 fully saturated rings. The molecule has 0 aliphatic heterocycles. The fraction of sp³-hybridized carbons (Fsp3) is 0.174. The Balaban J connectivity index is 1.57. The maximum Gasteiger partial charge on any atom is 0.434 e. The van der Waals surface area contributed by atoms with E-state index in [-0.39, 0.29) is 5.69 Å². The van der Waals surface area contributed by atoms with Crippen molar-refractivity contribution in [1.82, 2.24) is 19.3 Å². The molecule has 164 valence electrons. The fourth-order valence-corrected chi connectivity index (χ4v) is 3.33. The van der Waals surface area contributed by atoms with E-state index >= 15 is 0 Å². The van der Waals surface area contributed by atoms with Gasteiger partial charge in [-0.05, 0) is 43.7 Å². The van der Waals surface area contributed by atoms with Crippen LogP contribution in [0.4, 0.5) is 18.9 Å². The van der Waals surface area contributed by atoms with E-state index in [1.165, 1.54) is 12.1 Å². The van der Waals surface area contributed by atoms with E-state index in [4.69, 9.17) is 0 Å². The Morgan fingerprint density at radius 2 is 1.72 bits per heavy atom. The lowest BCUT2D eigenvalue weighted by molar-refractivity contribution is -0.143. The smallest absolute Gasteiger partial charge is 0.331 e. The highest BCUT2D eigenvalue weighted by Gasteiger charge is 2.40. The second-order valence-electron chi connectivity index (χ2n) is 7.41. The molecular weight excluding hydrogens is 419 g/mol. The SMILES string of the molecule is Cc1ccc(-n2ncc(C(=O)Nc3ccc(Cn4ccnc4C)cc3)c2C(F)(F)F)cc1. The molecule has 2 aromatic heterocycles. The van der Waals surface area contributed by atoms with E-state index in [0.29, 0.717) is 12.2 Å². The number of halogens is 3. The number of nitrogens with zero attached hydrogens (tertiary/aromatic N) is 4. The van der Waals surface area contributed by atoms with Crippen molar-refractivity contribution in [2.24, 2.45) is 0 Å². The molecule has 6 nitrogen and oxygen atoms in total. The van der Waals surface area contributed by atoms with Crippen LogP contribution in [0.15, 0.2) is 67.1 Å². The number of aryl methyl sites for hydroxylation is 2. The molecule has 2 aromatic carbocycles. The summed E-state index contributed by atoms with van der Waals surface area (Å²) in [4.78, 5) is 16.9. The molecule has 0 radical (unpaired) electrons. The van der Waals surface area contributed by atoms with Crippen LogP contribution < -0.4 is 5.32 Å². The second-order valence-corrected chi connectivity index (χ2v) is 7.41. The number of alkyl halides is 3. The van der Waals surface area contributed by atoms with Crippen LogP contribution in [-0.2, 0) is 12.7 Å². The van der Waals surface area contributed by atoms with Crippen molar-refractivity contribution in [3.05, 3.63) is 95.3 Å². The number of carbonyl (C=O) groups excluding carboxylic acids is 1. The highest BCUT2D eigenvalue weighted by molar-refractivity contribution is 6.05. The normalized spacial score (nSPS) is 11.5. The van der Waals surface area contributed by atoms with E-state index in [1.54, 1.807) is 42.6 Å². The third-order valence-corrected chi connectivity index (χ3v) is 5.05. The van der Waals surface area contributed by atoms with Gasteiger partial charge in [-0.1, -0.05) is 29.8 Å². The van der Waals surface area contributed by atoms with Gasteiger partial charge in [-0.15, -0.1) is 0 Å². The molecule has 0 saturated carbocycles. The molecule has 1 N–H and O–H groups in total. The molecule has 32 heavy (non-hydrogen) atoms. The lowest BCUT2D eigenvalue weighted by Crippen LogP contribution is -2.20. The summed E-state index contributed by atoms with van der Waals surface area (Å²) in [6.45, 7) is 4.32. The molecule has 1 amide bonds. The number of amides is 1. The minimum atomic E-state index is -4.76. The van der Waals surface area contributed by atoms with Gasteiger partial charge in [0, 0.05) is 24.6 Å². The summed E-state index contributed by atoms with van der Waals surface area (Å²) in [6.07, 6.45) is -0.261. The predicted molar refractivity (Wildman–Crippen MR) is 114 cm³/mol. The van der Waals surface area contributed by atoms with Crippen LogP contribution in [0.3, 0.4) is 0 Å². The minimum Gasteiger partial charge on any atom is -0.331 e. The molecule has 0 bridgehead atoms. The molecule has 4 rings (SSSR count). The van der Waals surface area contributed by atoms with Gasteiger partial charge >= 0.3 is 6.18 Å². The zero-order valence-electron chi connectivity index (χ0n) is 17.4. The molecule has 0 unspecified atom stereocenters. The van der Waals surface area contributed by atoms with E-state index < -0.39 is 23.3 Å². The maximum absolute atomic E-state index is 13.8. The predicted octanol–water partition coefficient (Wildman–Crippen LogP) is 5.01. The first-order chi connectivity index (χ1) is 15.2. The van der Waals surface area contributed by atoms with Gasteiger partial charge < -0.3 is 9.88 Å². The number of benzene rings is 2. The molecule has 0 saturated heterocycles. The quantitative estimate of drug-likeness (QED) is 0.476. The van der Waals surface area contributed by atoms with Gasteiger partial charge in [0.2, 0.25) is 0 Å². The third kappa shape index (κ3) is 4.41. The molecule has 0 aliphatic carbocycles. The van der Waals surface area contributed by atoms with E-state index in [9.17, 15) is 18.0 Å². The molecular formula is C23H20F3N5O. The Kier molecular flexibility index (Phi) is 5.56. The number of rotatable bonds is 5. The molecule has 9 heteroatoms. The zero-order valence-corrected chi connectivity index (χ0v) is 17.4. The Hall–Kier alpha value is -3.88. The fourth-order valence-electron chi connectivity index (χ4n) is 3.33. The van der Waals surface area contributed by atoms with Crippen molar-refractivity contribution >= 4 is 11.6 Å². The Labute approximate surface area is 182 Å². The maximum atomic E-state index is 13.8. The van der Waals surface area contributed by atoms with E-state index in [2.05, 4.69) is 15.4 Å². The largest absolute Gasteiger partial charge is 0.434 e. The van der Waals surface area contributed by atoms with Crippen LogP contribution in [0.5, 0.6) is 0 Å². The lowest BCUT2D eigenvalue weighted by atomic mass is 10.1. The van der Waals surface area contributed by atoms with Crippen molar-refractivity contribution in [3.63, 3.8) is 0 Å². The molecule has 0 aliphatic rings. The van der Waals surface area contributed by atoms with Crippen LogP contribution in [0.2, 0.25) is 0 Å². The van der Waals surface area contributed by atoms with Gasteiger partial charge in [-0.25, -0.2) is 9.67 Å². The number of aromatic nitrogens is 4. The topological polar surface area (TPSA) is 64.7 Å². The van der Waals surface area contributed by atoms with Crippen LogP contribution in [0.25, 0.3) is 5.69 Å². The van der Waals surface area contributed by atoms with Crippen molar-refractivity contribution < 1.29 is 18.0 Å². The number of hydrogen-bond acceptors (Lipinski definition) is 3. The zero-order chi connectivity index (χ0) is 22.9. The molecule has 0 atom stereocenters. The van der Waals surface area contributed by atoms with Crippen LogP contribution in [0.1, 0.15) is 33.0 Å². The Bertz CT molecular complexity index is 1240. The summed E-state index contributed by atoms with van der Waals surface area (Å²) in [7, 11) is 0. The van der Waals surface area contributed by atoms with Gasteiger partial charge in [0.05, 0.1) is 17.4 Å². The number of anilines is 1. The monoisotopic (exact) mass is 439 g/mol. The summed E-state index contributed by atoms with van der Waals surface area (Å²) in [5, 5.41) is 6.37. The molecule has 2 heterocycles. The standard InChI is InChI=1S/C23H20F3N5O/c1-15-3-9-19(10-4-15)31-21(23(24,25)26)20(13-28-31)22(32)29-18-7-5-17(6-8-18)14-30-12-11-27-16(30)2/h3-13H,14H2,1-2H3,(H,29,32). The van der Waals surface area contributed by atoms with Gasteiger partial charge in [0.25, 0.3) is 5.91 Å². The Morgan fingerprint density at radius 1 is 1.03 bits per heavy atom. The van der Waals surface area contributed by atoms with Crippen molar-refractivity contribution in [2.75, 3.05) is 5.32 Å². The number of imidazole rings is 1. The van der Waals surface area contributed by atoms with Gasteiger partial charge in [0.15, 0.2) is 5.69 Å². The van der Waals surface area contributed by atoms with Crippen LogP contribution >= 0.6 is 0 Å². The first kappa shape index (κ1) is 21.4. The van der Waals surface area contributed by atoms with E-state index in [0.717, 1.165) is 27.8 Å². The van der Waals surface area contributed by atoms with Crippen LogP contribution in [-0.4, -0.2) is 25.2 Å². The molecule has 4 aromatic rings. The highest BCUT2D eigenvalue weighted by Crippen LogP contribution is 2.34. The third-order valence-electron chi connectivity index (χ3n) is 5.05. The van der Waals surface area contributed by atoms with E-state index in [1.807, 2.05) is 24.6 Å². The van der Waals surface area contributed by atoms with Crippen molar-refractivity contribution in [3.8, 4) is 5.69 Å². The summed E-state index contributed by atoms with van der Waals surface area (Å²) < 4.78 is 44.2. The lowest BCUT2D eigenvalue weighted by Gasteiger charge is -2.13. The van der Waals surface area contributed by atoms with Gasteiger partial charge in [0.1, 0.15) is 5.82 Å². The minimum absolute atomic E-state index is 0.223. The van der Waals surface area contributed by atoms with Crippen molar-refractivity contribution in [2.45, 2.75) is 26.6 Å². The average molecular weight is 439 g/mol. The number of hydrogen-bond donors (Lipinski definition) is 1. The van der Waals surface area contributed by atoms with Crippen LogP contribution in [0, 0.1) is 13.8 Å². The van der Waals surface area contributed by atoms with Gasteiger partial charge in [-0.2, -0.15) is 18.3 Å². The molecule has 0 spiro atoms. The van der Waals surface area contributed by atoms with Gasteiger partial charge in [-0.3, -0.25) is 4.79 Å². The first-order valence-corrected chi connectivity index (χ1v) is 9.82. The Morgan fingerprint density at radius 3 is 2.31 bits per heavy atom. The summed E-state index contributed by atoms with van der Waals surface area (Å²) in [5.74, 6) is -0.0125. The summed E-state index contributed by atoms with van der Waals surface area (Å²) >= 11 is 0. The average Bonchev–Trinajstić information content (AvgIpc) is 3.37. The summed E-state index contributed by atoms with van der Waals surface area (Å²) in [6, 6.07) is 13.3. The second kappa shape index (κ2) is 8.33. The highest BCUT2D eigenvalue weighted by atomic mass is 19.4. The van der Waals surface area contributed by atoms with Crippen molar-refractivity contribution in [1.29, 1.82) is 0 Å². The summed E-state index contributed by atoms with van der Waals surface area (Å²) in [5.41, 5.74) is 0.812. The number of nitrogens with one attached hydrogen (secondary N) is 1. The first-order valence-electron chi connectivity index (χ1n) is 9.82. The number of carbonyl (C=O) groups is 1.